The van der Waals surface area contributed by atoms with Crippen LogP contribution in [0.15, 0.2) is 36.4 Å². The van der Waals surface area contributed by atoms with Crippen LogP contribution in [0.5, 0.6) is 5.75 Å². The average Bonchev–Trinajstić information content (AvgIpc) is 2.99. The highest BCUT2D eigenvalue weighted by Gasteiger charge is 2.56. The van der Waals surface area contributed by atoms with E-state index in [1.165, 1.54) is 6.07 Å². The molecule has 31 heavy (non-hydrogen) atoms. The highest BCUT2D eigenvalue weighted by Crippen LogP contribution is 2.45. The fourth-order valence-corrected chi connectivity index (χ4v) is 4.41. The second-order valence-electron chi connectivity index (χ2n) is 8.86. The molecule has 1 heterocycles. The van der Waals surface area contributed by atoms with Gasteiger partial charge in [-0.15, -0.1) is 0 Å². The number of nitrogens with zero attached hydrogens (tertiary/aromatic N) is 1. The zero-order valence-electron chi connectivity index (χ0n) is 17.9. The Bertz CT molecular complexity index is 1170. The number of phenolic OH excluding ortho intramolecular Hbond substituents is 1. The highest BCUT2D eigenvalue weighted by atomic mass is 19.4. The molecule has 0 aliphatic rings. The fourth-order valence-electron chi connectivity index (χ4n) is 4.41. The fraction of sp³-hybridized carbons (Fsp3) is 0.375. The van der Waals surface area contributed by atoms with Gasteiger partial charge in [0.15, 0.2) is 5.60 Å². The number of phenols is 1. The molecule has 0 saturated heterocycles. The molecule has 2 aromatic carbocycles. The van der Waals surface area contributed by atoms with Crippen molar-refractivity contribution in [3.8, 4) is 11.8 Å². The number of aryl methyl sites for hydroxylation is 2. The van der Waals surface area contributed by atoms with E-state index < -0.39 is 30.0 Å². The lowest BCUT2D eigenvalue weighted by Crippen LogP contribution is -2.51. The Hall–Kier alpha value is -2.98. The zero-order valence-corrected chi connectivity index (χ0v) is 17.9. The molecule has 1 aromatic heterocycles. The summed E-state index contributed by atoms with van der Waals surface area (Å²) in [4.78, 5) is 2.87. The number of alkyl halides is 3. The van der Waals surface area contributed by atoms with Gasteiger partial charge in [0.1, 0.15) is 11.8 Å². The van der Waals surface area contributed by atoms with Crippen molar-refractivity contribution in [3.63, 3.8) is 0 Å². The molecule has 164 valence electrons. The molecule has 0 radical (unpaired) electrons. The van der Waals surface area contributed by atoms with E-state index in [2.05, 4.69) is 4.98 Å². The molecule has 0 saturated carbocycles. The smallest absolute Gasteiger partial charge is 0.417 e. The van der Waals surface area contributed by atoms with E-state index >= 15 is 0 Å². The quantitative estimate of drug-likeness (QED) is 0.495. The van der Waals surface area contributed by atoms with Crippen LogP contribution < -0.4 is 0 Å². The van der Waals surface area contributed by atoms with E-state index in [0.29, 0.717) is 22.0 Å². The molecule has 3 N–H and O–H groups in total. The third kappa shape index (κ3) is 4.13. The molecular weight excluding hydrogens is 405 g/mol. The molecule has 0 bridgehead atoms. The summed E-state index contributed by atoms with van der Waals surface area (Å²) < 4.78 is 42.5. The molecule has 0 spiro atoms. The first-order valence-corrected chi connectivity index (χ1v) is 9.88. The number of hydrogen-bond donors (Lipinski definition) is 3. The lowest BCUT2D eigenvalue weighted by Gasteiger charge is -2.38. The van der Waals surface area contributed by atoms with Crippen molar-refractivity contribution in [2.75, 3.05) is 0 Å². The molecule has 1 atom stereocenters. The number of aliphatic hydroxyl groups is 1. The summed E-state index contributed by atoms with van der Waals surface area (Å²) in [6.45, 7) is 6.70. The second kappa shape index (κ2) is 7.61. The van der Waals surface area contributed by atoms with Crippen molar-refractivity contribution in [1.29, 1.82) is 5.26 Å². The number of benzene rings is 2. The lowest BCUT2D eigenvalue weighted by molar-refractivity contribution is -0.266. The molecule has 1 unspecified atom stereocenters. The Morgan fingerprint density at radius 2 is 1.71 bits per heavy atom. The number of hydrogen-bond acceptors (Lipinski definition) is 3. The van der Waals surface area contributed by atoms with Crippen molar-refractivity contribution in [3.05, 3.63) is 64.3 Å². The number of aromatic nitrogens is 1. The number of halogens is 3. The van der Waals surface area contributed by atoms with E-state index in [1.807, 2.05) is 6.07 Å². The number of nitriles is 1. The van der Waals surface area contributed by atoms with E-state index in [9.17, 15) is 28.6 Å². The van der Waals surface area contributed by atoms with Crippen LogP contribution in [-0.4, -0.2) is 27.0 Å². The minimum Gasteiger partial charge on any atom is -0.508 e. The van der Waals surface area contributed by atoms with Gasteiger partial charge in [-0.3, -0.25) is 0 Å². The number of H-pyrrole nitrogens is 1. The molecule has 0 fully saturated rings. The molecule has 0 aliphatic heterocycles. The Kier molecular flexibility index (Phi) is 5.57. The maximum Gasteiger partial charge on any atom is 0.417 e. The summed E-state index contributed by atoms with van der Waals surface area (Å²) in [5.41, 5.74) is -1.64. The maximum absolute atomic E-state index is 14.2. The van der Waals surface area contributed by atoms with Crippen molar-refractivity contribution in [2.45, 2.75) is 57.7 Å². The third-order valence-electron chi connectivity index (χ3n) is 5.90. The van der Waals surface area contributed by atoms with Crippen molar-refractivity contribution < 1.29 is 23.4 Å². The Labute approximate surface area is 179 Å². The first-order valence-electron chi connectivity index (χ1n) is 9.88. The molecule has 3 aromatic rings. The summed E-state index contributed by atoms with van der Waals surface area (Å²) in [7, 11) is 0. The van der Waals surface area contributed by atoms with Gasteiger partial charge in [0.2, 0.25) is 0 Å². The van der Waals surface area contributed by atoms with Gasteiger partial charge in [-0.2, -0.15) is 18.4 Å². The van der Waals surface area contributed by atoms with Crippen LogP contribution in [0.25, 0.3) is 10.9 Å². The van der Waals surface area contributed by atoms with E-state index in [0.717, 1.165) is 5.56 Å². The Morgan fingerprint density at radius 3 is 2.32 bits per heavy atom. The van der Waals surface area contributed by atoms with Gasteiger partial charge >= 0.3 is 6.18 Å². The Morgan fingerprint density at radius 1 is 1.06 bits per heavy atom. The summed E-state index contributed by atoms with van der Waals surface area (Å²) in [6.07, 6.45) is -6.36. The SMILES string of the molecule is Cc1cc(C)c(C(C)(C)CC(O)(Cc2[nH]c3ccccc3c2C#N)C(F)(F)F)cc1O. The molecule has 7 heteroatoms. The van der Waals surface area contributed by atoms with Gasteiger partial charge in [-0.05, 0) is 54.5 Å². The highest BCUT2D eigenvalue weighted by molar-refractivity contribution is 5.87. The summed E-state index contributed by atoms with van der Waals surface area (Å²) in [5, 5.41) is 31.1. The molecular formula is C24H25F3N2O2. The van der Waals surface area contributed by atoms with Gasteiger partial charge < -0.3 is 15.2 Å². The predicted octanol–water partition coefficient (Wildman–Crippen LogP) is 5.57. The van der Waals surface area contributed by atoms with Gasteiger partial charge in [0.25, 0.3) is 0 Å². The molecule has 4 nitrogen and oxygen atoms in total. The molecule has 0 aliphatic carbocycles. The van der Waals surface area contributed by atoms with Gasteiger partial charge in [-0.1, -0.05) is 38.1 Å². The predicted molar refractivity (Wildman–Crippen MR) is 113 cm³/mol. The van der Waals surface area contributed by atoms with E-state index in [4.69, 9.17) is 0 Å². The normalized spacial score (nSPS) is 14.4. The van der Waals surface area contributed by atoms with Crippen molar-refractivity contribution in [2.24, 2.45) is 0 Å². The van der Waals surface area contributed by atoms with Crippen LogP contribution in [0.4, 0.5) is 13.2 Å². The van der Waals surface area contributed by atoms with Crippen LogP contribution in [0.1, 0.15) is 48.2 Å². The number of nitrogens with one attached hydrogen (secondary N) is 1. The van der Waals surface area contributed by atoms with Crippen LogP contribution >= 0.6 is 0 Å². The molecule has 3 rings (SSSR count). The van der Waals surface area contributed by atoms with Gasteiger partial charge in [0, 0.05) is 23.0 Å². The number of fused-ring (bicyclic) bond motifs is 1. The number of aromatic hydroxyl groups is 1. The first kappa shape index (κ1) is 22.7. The first-order chi connectivity index (χ1) is 14.3. The van der Waals surface area contributed by atoms with Crippen molar-refractivity contribution in [1.82, 2.24) is 4.98 Å². The summed E-state index contributed by atoms with van der Waals surface area (Å²) in [5.74, 6) is -0.00777. The lowest BCUT2D eigenvalue weighted by atomic mass is 9.72. The summed E-state index contributed by atoms with van der Waals surface area (Å²) >= 11 is 0. The maximum atomic E-state index is 14.2. The van der Waals surface area contributed by atoms with Crippen LogP contribution in [0.2, 0.25) is 0 Å². The minimum atomic E-state index is -4.94. The van der Waals surface area contributed by atoms with E-state index in [-0.39, 0.29) is 17.0 Å². The van der Waals surface area contributed by atoms with Crippen LogP contribution in [0.3, 0.4) is 0 Å². The molecule has 0 amide bonds. The van der Waals surface area contributed by atoms with Crippen LogP contribution in [-0.2, 0) is 11.8 Å². The Balaban J connectivity index is 2.07. The topological polar surface area (TPSA) is 80.0 Å². The largest absolute Gasteiger partial charge is 0.508 e. The van der Waals surface area contributed by atoms with Crippen LogP contribution in [0, 0.1) is 25.2 Å². The summed E-state index contributed by atoms with van der Waals surface area (Å²) in [6, 6.07) is 11.9. The van der Waals surface area contributed by atoms with Gasteiger partial charge in [-0.25, -0.2) is 0 Å². The van der Waals surface area contributed by atoms with Crippen molar-refractivity contribution >= 4 is 10.9 Å². The average molecular weight is 430 g/mol. The zero-order chi connectivity index (χ0) is 23.2. The second-order valence-corrected chi connectivity index (χ2v) is 8.86. The van der Waals surface area contributed by atoms with E-state index in [1.54, 1.807) is 58.0 Å². The standard InChI is InChI=1S/C24H25F3N2O2/c1-14-9-15(2)21(30)10-18(14)22(3,4)13-23(31,24(25,26)27)11-20-17(12-28)16-7-5-6-8-19(16)29-20/h5-10,29-31H,11,13H2,1-4H3. The minimum absolute atomic E-state index is 0.00777. The monoisotopic (exact) mass is 430 g/mol. The third-order valence-corrected chi connectivity index (χ3v) is 5.90. The number of aromatic amines is 1. The number of rotatable bonds is 5. The number of para-hydroxylation sites is 1. The van der Waals surface area contributed by atoms with Gasteiger partial charge in [0.05, 0.1) is 5.56 Å².